The number of halogens is 2. The van der Waals surface area contributed by atoms with Crippen LogP contribution in [0, 0.1) is 11.6 Å². The van der Waals surface area contributed by atoms with Crippen molar-refractivity contribution in [2.75, 3.05) is 5.32 Å². The standard InChI is InChI=1S/C16H14F2N2/c1-10(14-9-12(17)2-4-15(14)18)20-13-3-5-16-11(8-13)6-7-19-16/h2-10,19-20H,1H3. The third kappa shape index (κ3) is 2.37. The van der Waals surface area contributed by atoms with E-state index < -0.39 is 11.6 Å². The molecule has 4 heteroatoms. The van der Waals surface area contributed by atoms with Crippen LogP contribution in [0.15, 0.2) is 48.7 Å². The number of hydrogen-bond acceptors (Lipinski definition) is 1. The average molecular weight is 272 g/mol. The molecular weight excluding hydrogens is 258 g/mol. The highest BCUT2D eigenvalue weighted by atomic mass is 19.1. The molecule has 20 heavy (non-hydrogen) atoms. The lowest BCUT2D eigenvalue weighted by molar-refractivity contribution is 0.577. The maximum Gasteiger partial charge on any atom is 0.128 e. The molecule has 0 radical (unpaired) electrons. The van der Waals surface area contributed by atoms with Crippen molar-refractivity contribution in [1.82, 2.24) is 4.98 Å². The molecular formula is C16H14F2N2. The Labute approximate surface area is 115 Å². The monoisotopic (exact) mass is 272 g/mol. The van der Waals surface area contributed by atoms with Crippen molar-refractivity contribution in [2.24, 2.45) is 0 Å². The summed E-state index contributed by atoms with van der Waals surface area (Å²) in [5.74, 6) is -0.842. The van der Waals surface area contributed by atoms with Gasteiger partial charge in [0.15, 0.2) is 0 Å². The number of rotatable bonds is 3. The summed E-state index contributed by atoms with van der Waals surface area (Å²) >= 11 is 0. The summed E-state index contributed by atoms with van der Waals surface area (Å²) in [5.41, 5.74) is 2.23. The Kier molecular flexibility index (Phi) is 3.14. The van der Waals surface area contributed by atoms with Crippen molar-refractivity contribution in [3.8, 4) is 0 Å². The summed E-state index contributed by atoms with van der Waals surface area (Å²) < 4.78 is 26.9. The number of aromatic nitrogens is 1. The summed E-state index contributed by atoms with van der Waals surface area (Å²) in [5, 5.41) is 4.26. The molecule has 1 aromatic heterocycles. The Bertz CT molecular complexity index is 749. The Morgan fingerprint density at radius 1 is 1.05 bits per heavy atom. The van der Waals surface area contributed by atoms with E-state index in [-0.39, 0.29) is 6.04 Å². The van der Waals surface area contributed by atoms with Crippen molar-refractivity contribution in [3.05, 3.63) is 65.9 Å². The van der Waals surface area contributed by atoms with Crippen LogP contribution in [0.5, 0.6) is 0 Å². The van der Waals surface area contributed by atoms with Crippen LogP contribution in [-0.4, -0.2) is 4.98 Å². The number of aromatic amines is 1. The summed E-state index contributed by atoms with van der Waals surface area (Å²) in [6.45, 7) is 1.80. The van der Waals surface area contributed by atoms with Gasteiger partial charge in [-0.05, 0) is 49.4 Å². The summed E-state index contributed by atoms with van der Waals surface area (Å²) in [6.07, 6.45) is 1.87. The molecule has 1 heterocycles. The van der Waals surface area contributed by atoms with Gasteiger partial charge < -0.3 is 10.3 Å². The van der Waals surface area contributed by atoms with E-state index in [2.05, 4.69) is 10.3 Å². The second-order valence-corrected chi connectivity index (χ2v) is 4.81. The fourth-order valence-electron chi connectivity index (χ4n) is 2.32. The molecule has 0 aliphatic rings. The largest absolute Gasteiger partial charge is 0.378 e. The Balaban J connectivity index is 1.87. The smallest absolute Gasteiger partial charge is 0.128 e. The van der Waals surface area contributed by atoms with Crippen LogP contribution in [0.25, 0.3) is 10.9 Å². The molecule has 0 bridgehead atoms. The first-order valence-corrected chi connectivity index (χ1v) is 6.42. The molecule has 102 valence electrons. The first-order valence-electron chi connectivity index (χ1n) is 6.42. The van der Waals surface area contributed by atoms with Crippen molar-refractivity contribution in [2.45, 2.75) is 13.0 Å². The highest BCUT2D eigenvalue weighted by molar-refractivity contribution is 5.83. The number of nitrogens with one attached hydrogen (secondary N) is 2. The molecule has 0 saturated heterocycles. The van der Waals surface area contributed by atoms with Gasteiger partial charge in [0, 0.05) is 28.4 Å². The SMILES string of the molecule is CC(Nc1ccc2[nH]ccc2c1)c1cc(F)ccc1F. The second kappa shape index (κ2) is 4.96. The van der Waals surface area contributed by atoms with Gasteiger partial charge >= 0.3 is 0 Å². The molecule has 2 N–H and O–H groups in total. The number of H-pyrrole nitrogens is 1. The fourth-order valence-corrected chi connectivity index (χ4v) is 2.32. The molecule has 1 unspecified atom stereocenters. The fraction of sp³-hybridized carbons (Fsp3) is 0.125. The normalized spacial score (nSPS) is 12.6. The Morgan fingerprint density at radius 3 is 2.75 bits per heavy atom. The van der Waals surface area contributed by atoms with Gasteiger partial charge in [-0.15, -0.1) is 0 Å². The van der Waals surface area contributed by atoms with Gasteiger partial charge in [-0.1, -0.05) is 0 Å². The van der Waals surface area contributed by atoms with Gasteiger partial charge in [0.05, 0.1) is 6.04 Å². The van der Waals surface area contributed by atoms with E-state index >= 15 is 0 Å². The molecule has 2 aromatic carbocycles. The van der Waals surface area contributed by atoms with Gasteiger partial charge in [-0.3, -0.25) is 0 Å². The minimum absolute atomic E-state index is 0.318. The van der Waals surface area contributed by atoms with Crippen LogP contribution in [0.2, 0.25) is 0 Å². The predicted molar refractivity (Wildman–Crippen MR) is 76.7 cm³/mol. The van der Waals surface area contributed by atoms with Crippen molar-refractivity contribution in [1.29, 1.82) is 0 Å². The van der Waals surface area contributed by atoms with Gasteiger partial charge in [-0.2, -0.15) is 0 Å². The van der Waals surface area contributed by atoms with Crippen molar-refractivity contribution in [3.63, 3.8) is 0 Å². The Hall–Kier alpha value is -2.36. The lowest BCUT2D eigenvalue weighted by atomic mass is 10.1. The van der Waals surface area contributed by atoms with E-state index in [9.17, 15) is 8.78 Å². The minimum atomic E-state index is -0.434. The lowest BCUT2D eigenvalue weighted by Crippen LogP contribution is -2.09. The zero-order valence-corrected chi connectivity index (χ0v) is 11.0. The first kappa shape index (κ1) is 12.7. The lowest BCUT2D eigenvalue weighted by Gasteiger charge is -2.16. The molecule has 0 aliphatic carbocycles. The molecule has 0 spiro atoms. The topological polar surface area (TPSA) is 27.8 Å². The second-order valence-electron chi connectivity index (χ2n) is 4.81. The molecule has 3 rings (SSSR count). The maximum absolute atomic E-state index is 13.7. The summed E-state index contributed by atoms with van der Waals surface area (Å²) in [6, 6.07) is 11.0. The Morgan fingerprint density at radius 2 is 1.90 bits per heavy atom. The van der Waals surface area contributed by atoms with Gasteiger partial charge in [-0.25, -0.2) is 8.78 Å². The predicted octanol–water partition coefficient (Wildman–Crippen LogP) is 4.62. The molecule has 3 aromatic rings. The van der Waals surface area contributed by atoms with E-state index in [0.717, 1.165) is 28.7 Å². The van der Waals surface area contributed by atoms with Gasteiger partial charge in [0.1, 0.15) is 11.6 Å². The van der Waals surface area contributed by atoms with Crippen LogP contribution in [0.1, 0.15) is 18.5 Å². The van der Waals surface area contributed by atoms with E-state index in [4.69, 9.17) is 0 Å². The summed E-state index contributed by atoms with van der Waals surface area (Å²) in [7, 11) is 0. The molecule has 2 nitrogen and oxygen atoms in total. The summed E-state index contributed by atoms with van der Waals surface area (Å²) in [4.78, 5) is 3.11. The third-order valence-electron chi connectivity index (χ3n) is 3.36. The quantitative estimate of drug-likeness (QED) is 0.715. The minimum Gasteiger partial charge on any atom is -0.378 e. The van der Waals surface area contributed by atoms with Gasteiger partial charge in [0.2, 0.25) is 0 Å². The molecule has 0 amide bonds. The molecule has 0 fully saturated rings. The van der Waals surface area contributed by atoms with E-state index in [1.54, 1.807) is 6.92 Å². The molecule has 1 atom stereocenters. The zero-order valence-electron chi connectivity index (χ0n) is 11.0. The highest BCUT2D eigenvalue weighted by Crippen LogP contribution is 2.24. The van der Waals surface area contributed by atoms with E-state index in [1.807, 2.05) is 30.5 Å². The van der Waals surface area contributed by atoms with E-state index in [0.29, 0.717) is 5.56 Å². The molecule has 0 saturated carbocycles. The first-order chi connectivity index (χ1) is 9.63. The van der Waals surface area contributed by atoms with Crippen molar-refractivity contribution < 1.29 is 8.78 Å². The number of hydrogen-bond donors (Lipinski definition) is 2. The number of fused-ring (bicyclic) bond motifs is 1. The van der Waals surface area contributed by atoms with Gasteiger partial charge in [0.25, 0.3) is 0 Å². The number of benzene rings is 2. The number of anilines is 1. The van der Waals surface area contributed by atoms with Crippen LogP contribution in [0.4, 0.5) is 14.5 Å². The van der Waals surface area contributed by atoms with Crippen LogP contribution < -0.4 is 5.32 Å². The highest BCUT2D eigenvalue weighted by Gasteiger charge is 2.12. The van der Waals surface area contributed by atoms with Crippen molar-refractivity contribution >= 4 is 16.6 Å². The molecule has 0 aliphatic heterocycles. The van der Waals surface area contributed by atoms with E-state index in [1.165, 1.54) is 6.07 Å². The third-order valence-corrected chi connectivity index (χ3v) is 3.36. The maximum atomic E-state index is 13.7. The van der Waals surface area contributed by atoms with Crippen LogP contribution >= 0.6 is 0 Å². The zero-order chi connectivity index (χ0) is 14.1. The van der Waals surface area contributed by atoms with Crippen LogP contribution in [-0.2, 0) is 0 Å². The van der Waals surface area contributed by atoms with Crippen LogP contribution in [0.3, 0.4) is 0 Å². The average Bonchev–Trinajstić information content (AvgIpc) is 2.89.